The summed E-state index contributed by atoms with van der Waals surface area (Å²) in [6.07, 6.45) is -3.21. The zero-order chi connectivity index (χ0) is 22.6. The molecule has 3 aromatic carbocycles. The number of benzene rings is 3. The number of aliphatic hydroxyl groups excluding tert-OH is 2. The van der Waals surface area contributed by atoms with E-state index in [1.54, 1.807) is 0 Å². The quantitative estimate of drug-likeness (QED) is 0.458. The minimum absolute atomic E-state index is 0.0186. The second kappa shape index (κ2) is 9.53. The zero-order valence-electron chi connectivity index (χ0n) is 17.9. The first-order chi connectivity index (χ1) is 15.4. The summed E-state index contributed by atoms with van der Waals surface area (Å²) < 4.78 is 5.84. The second-order valence-electron chi connectivity index (χ2n) is 8.70. The Morgan fingerprint density at radius 2 is 1.16 bits per heavy atom. The molecular formula is C27H30O5. The lowest BCUT2D eigenvalue weighted by atomic mass is 9.66. The van der Waals surface area contributed by atoms with Gasteiger partial charge in [0.05, 0.1) is 12.7 Å². The standard InChI is InChI=1S/C27H30O5/c28-23(16-20-10-4-1-5-11-20)25-27(31,18-22-14-8-3-9-15-22)26(30,24(29)19-32-25)17-21-12-6-2-7-13-21/h1-15,23-25,28-31H,16-19H2/t23?,24-,25+,26+,27+/m0/s1. The van der Waals surface area contributed by atoms with E-state index in [0.717, 1.165) is 16.7 Å². The van der Waals surface area contributed by atoms with Gasteiger partial charge in [-0.15, -0.1) is 0 Å². The van der Waals surface area contributed by atoms with Crippen molar-refractivity contribution in [1.29, 1.82) is 0 Å². The molecule has 1 aliphatic heterocycles. The average molecular weight is 435 g/mol. The van der Waals surface area contributed by atoms with Gasteiger partial charge in [0.1, 0.15) is 23.4 Å². The molecule has 3 aromatic rings. The van der Waals surface area contributed by atoms with Crippen molar-refractivity contribution < 1.29 is 25.2 Å². The monoisotopic (exact) mass is 434 g/mol. The third-order valence-electron chi connectivity index (χ3n) is 6.48. The highest BCUT2D eigenvalue weighted by Crippen LogP contribution is 2.42. The van der Waals surface area contributed by atoms with Gasteiger partial charge in [-0.2, -0.15) is 0 Å². The molecule has 1 heterocycles. The predicted molar refractivity (Wildman–Crippen MR) is 122 cm³/mol. The Kier molecular flexibility index (Phi) is 6.74. The van der Waals surface area contributed by atoms with Crippen LogP contribution in [0.15, 0.2) is 91.0 Å². The lowest BCUT2D eigenvalue weighted by Gasteiger charge is -2.54. The van der Waals surface area contributed by atoms with Gasteiger partial charge >= 0.3 is 0 Å². The molecule has 0 amide bonds. The maximum atomic E-state index is 12.1. The average Bonchev–Trinajstić information content (AvgIpc) is 2.80. The number of ether oxygens (including phenoxy) is 1. The molecule has 4 rings (SSSR count). The van der Waals surface area contributed by atoms with Crippen LogP contribution >= 0.6 is 0 Å². The van der Waals surface area contributed by atoms with Crippen molar-refractivity contribution in [2.75, 3.05) is 6.61 Å². The van der Waals surface area contributed by atoms with E-state index in [1.165, 1.54) is 0 Å². The van der Waals surface area contributed by atoms with Crippen LogP contribution in [0, 0.1) is 0 Å². The van der Waals surface area contributed by atoms with E-state index in [2.05, 4.69) is 0 Å². The summed E-state index contributed by atoms with van der Waals surface area (Å²) in [7, 11) is 0. The highest BCUT2D eigenvalue weighted by atomic mass is 16.5. The Morgan fingerprint density at radius 1 is 0.719 bits per heavy atom. The zero-order valence-corrected chi connectivity index (χ0v) is 17.9. The Morgan fingerprint density at radius 3 is 1.66 bits per heavy atom. The lowest BCUT2D eigenvalue weighted by molar-refractivity contribution is -0.307. The number of aliphatic hydroxyl groups is 4. The first-order valence-electron chi connectivity index (χ1n) is 11.0. The Bertz CT molecular complexity index is 981. The van der Waals surface area contributed by atoms with Crippen molar-refractivity contribution in [3.63, 3.8) is 0 Å². The van der Waals surface area contributed by atoms with E-state index >= 15 is 0 Å². The molecule has 0 spiro atoms. The number of hydrogen-bond donors (Lipinski definition) is 4. The molecule has 5 heteroatoms. The van der Waals surface area contributed by atoms with Gasteiger partial charge in [0.25, 0.3) is 0 Å². The van der Waals surface area contributed by atoms with E-state index in [4.69, 9.17) is 4.74 Å². The molecule has 32 heavy (non-hydrogen) atoms. The molecule has 0 radical (unpaired) electrons. The van der Waals surface area contributed by atoms with Crippen LogP contribution < -0.4 is 0 Å². The van der Waals surface area contributed by atoms with E-state index in [1.807, 2.05) is 91.0 Å². The highest BCUT2D eigenvalue weighted by molar-refractivity contribution is 5.28. The topological polar surface area (TPSA) is 90.2 Å². The molecule has 0 aliphatic carbocycles. The van der Waals surface area contributed by atoms with Crippen LogP contribution in [-0.2, 0) is 24.0 Å². The minimum Gasteiger partial charge on any atom is -0.390 e. The third kappa shape index (κ3) is 4.49. The molecular weight excluding hydrogens is 404 g/mol. The largest absolute Gasteiger partial charge is 0.390 e. The summed E-state index contributed by atoms with van der Waals surface area (Å²) in [4.78, 5) is 0. The highest BCUT2D eigenvalue weighted by Gasteiger charge is 2.62. The molecule has 168 valence electrons. The predicted octanol–water partition coefficient (Wildman–Crippen LogP) is 2.30. The summed E-state index contributed by atoms with van der Waals surface area (Å²) >= 11 is 0. The minimum atomic E-state index is -1.93. The Labute approximate surface area is 188 Å². The van der Waals surface area contributed by atoms with E-state index in [0.29, 0.717) is 0 Å². The van der Waals surface area contributed by atoms with Crippen LogP contribution in [0.2, 0.25) is 0 Å². The van der Waals surface area contributed by atoms with E-state index in [-0.39, 0.29) is 25.9 Å². The van der Waals surface area contributed by atoms with Gasteiger partial charge in [0.15, 0.2) is 0 Å². The lowest BCUT2D eigenvalue weighted by Crippen LogP contribution is -2.75. The van der Waals surface area contributed by atoms with Gasteiger partial charge < -0.3 is 25.2 Å². The number of rotatable bonds is 7. The first-order valence-corrected chi connectivity index (χ1v) is 11.0. The third-order valence-corrected chi connectivity index (χ3v) is 6.48. The summed E-state index contributed by atoms with van der Waals surface area (Å²) in [5.41, 5.74) is -1.42. The van der Waals surface area contributed by atoms with E-state index in [9.17, 15) is 20.4 Å². The second-order valence-corrected chi connectivity index (χ2v) is 8.70. The van der Waals surface area contributed by atoms with Crippen molar-refractivity contribution in [3.05, 3.63) is 108 Å². The first kappa shape index (κ1) is 22.6. The van der Waals surface area contributed by atoms with Gasteiger partial charge in [-0.25, -0.2) is 0 Å². The van der Waals surface area contributed by atoms with Crippen LogP contribution in [-0.4, -0.2) is 56.5 Å². The molecule has 1 aliphatic rings. The fraction of sp³-hybridized carbons (Fsp3) is 0.333. The smallest absolute Gasteiger partial charge is 0.129 e. The SMILES string of the molecule is OC(Cc1ccccc1)[C@H]1OC[C@H](O)[C@](O)(Cc2ccccc2)[C@@]1(O)Cc1ccccc1. The van der Waals surface area contributed by atoms with Gasteiger partial charge in [0, 0.05) is 19.3 Å². The molecule has 0 saturated carbocycles. The maximum Gasteiger partial charge on any atom is 0.129 e. The molecule has 5 atom stereocenters. The van der Waals surface area contributed by atoms with Gasteiger partial charge in [-0.1, -0.05) is 91.0 Å². The van der Waals surface area contributed by atoms with Crippen LogP contribution in [0.5, 0.6) is 0 Å². The van der Waals surface area contributed by atoms with Gasteiger partial charge in [-0.3, -0.25) is 0 Å². The summed E-state index contributed by atoms with van der Waals surface area (Å²) in [5, 5.41) is 46.0. The van der Waals surface area contributed by atoms with Crippen molar-refractivity contribution in [1.82, 2.24) is 0 Å². The van der Waals surface area contributed by atoms with Crippen molar-refractivity contribution in [3.8, 4) is 0 Å². The van der Waals surface area contributed by atoms with Crippen molar-refractivity contribution in [2.24, 2.45) is 0 Å². The van der Waals surface area contributed by atoms with Crippen molar-refractivity contribution in [2.45, 2.75) is 48.8 Å². The van der Waals surface area contributed by atoms with Crippen molar-refractivity contribution >= 4 is 0 Å². The molecule has 1 unspecified atom stereocenters. The van der Waals surface area contributed by atoms with Crippen LogP contribution in [0.4, 0.5) is 0 Å². The number of hydrogen-bond acceptors (Lipinski definition) is 5. The molecule has 0 aromatic heterocycles. The van der Waals surface area contributed by atoms with Crippen LogP contribution in [0.1, 0.15) is 16.7 Å². The molecule has 1 fully saturated rings. The fourth-order valence-electron chi connectivity index (χ4n) is 4.74. The summed E-state index contributed by atoms with van der Waals surface area (Å²) in [5.74, 6) is 0. The van der Waals surface area contributed by atoms with Gasteiger partial charge in [0.2, 0.25) is 0 Å². The van der Waals surface area contributed by atoms with Crippen LogP contribution in [0.25, 0.3) is 0 Å². The normalized spacial score (nSPS) is 28.9. The molecule has 4 N–H and O–H groups in total. The molecule has 1 saturated heterocycles. The summed E-state index contributed by atoms with van der Waals surface area (Å²) in [6, 6.07) is 28.0. The Balaban J connectivity index is 1.72. The Hall–Kier alpha value is -2.54. The molecule has 5 nitrogen and oxygen atoms in total. The summed E-state index contributed by atoms with van der Waals surface area (Å²) in [6.45, 7) is -0.184. The molecule has 0 bridgehead atoms. The maximum absolute atomic E-state index is 12.1. The van der Waals surface area contributed by atoms with Crippen LogP contribution in [0.3, 0.4) is 0 Å². The van der Waals surface area contributed by atoms with Gasteiger partial charge in [-0.05, 0) is 16.7 Å². The fourth-order valence-corrected chi connectivity index (χ4v) is 4.74. The van der Waals surface area contributed by atoms with E-state index < -0.39 is 29.5 Å².